The molecule has 3 N–H and O–H groups in total. The first-order valence-electron chi connectivity index (χ1n) is 14.3. The number of likely N-dealkylation sites (tertiary alicyclic amines) is 1. The Hall–Kier alpha value is -2.85. The molecule has 4 amide bonds. The van der Waals surface area contributed by atoms with Crippen LogP contribution in [-0.2, 0) is 28.7 Å². The summed E-state index contributed by atoms with van der Waals surface area (Å²) in [6.07, 6.45) is 6.93. The van der Waals surface area contributed by atoms with E-state index in [1.807, 2.05) is 0 Å². The van der Waals surface area contributed by atoms with Crippen molar-refractivity contribution in [3.05, 3.63) is 0 Å². The Morgan fingerprint density at radius 3 is 2.23 bits per heavy atom. The van der Waals surface area contributed by atoms with Crippen LogP contribution in [0.25, 0.3) is 0 Å². The van der Waals surface area contributed by atoms with E-state index >= 15 is 0 Å². The SMILES string of the molecule is COC(=O)[C@H](CC1CC2(CCN(C(C)=O)CC2)NC1=O)NC(=O)[C@H](CC1CCCCC1)NC(=O)OC(C)(C)C. The van der Waals surface area contributed by atoms with Crippen LogP contribution in [0.4, 0.5) is 4.79 Å². The highest BCUT2D eigenvalue weighted by atomic mass is 16.6. The lowest BCUT2D eigenvalue weighted by Gasteiger charge is -2.39. The van der Waals surface area contributed by atoms with E-state index in [1.54, 1.807) is 25.7 Å². The molecule has 0 aromatic heterocycles. The summed E-state index contributed by atoms with van der Waals surface area (Å²) < 4.78 is 10.4. The molecule has 3 fully saturated rings. The Bertz CT molecular complexity index is 917. The minimum atomic E-state index is -1.04. The quantitative estimate of drug-likeness (QED) is 0.394. The predicted octanol–water partition coefficient (Wildman–Crippen LogP) is 2.42. The zero-order valence-electron chi connectivity index (χ0n) is 24.1. The largest absolute Gasteiger partial charge is 0.467 e. The van der Waals surface area contributed by atoms with Crippen LogP contribution >= 0.6 is 0 Å². The molecule has 2 aliphatic heterocycles. The molecular formula is C28H46N4O7. The average molecular weight is 551 g/mol. The van der Waals surface area contributed by atoms with Crippen LogP contribution in [0.5, 0.6) is 0 Å². The Morgan fingerprint density at radius 2 is 1.67 bits per heavy atom. The maximum Gasteiger partial charge on any atom is 0.408 e. The zero-order chi connectivity index (χ0) is 28.8. The number of alkyl carbamates (subject to hydrolysis) is 1. The van der Waals surface area contributed by atoms with Gasteiger partial charge in [-0.05, 0) is 58.8 Å². The van der Waals surface area contributed by atoms with Gasteiger partial charge >= 0.3 is 12.1 Å². The Morgan fingerprint density at radius 1 is 1.03 bits per heavy atom. The fourth-order valence-electron chi connectivity index (χ4n) is 6.10. The molecule has 3 atom stereocenters. The first kappa shape index (κ1) is 30.7. The van der Waals surface area contributed by atoms with Gasteiger partial charge in [-0.3, -0.25) is 14.4 Å². The molecule has 1 unspecified atom stereocenters. The molecule has 39 heavy (non-hydrogen) atoms. The maximum absolute atomic E-state index is 13.5. The van der Waals surface area contributed by atoms with Gasteiger partial charge in [0.25, 0.3) is 0 Å². The molecule has 2 heterocycles. The van der Waals surface area contributed by atoms with Crippen molar-refractivity contribution < 1.29 is 33.4 Å². The molecule has 3 aliphatic rings. The van der Waals surface area contributed by atoms with Crippen molar-refractivity contribution in [3.63, 3.8) is 0 Å². The van der Waals surface area contributed by atoms with Crippen LogP contribution in [-0.4, -0.2) is 78.1 Å². The summed E-state index contributed by atoms with van der Waals surface area (Å²) in [6, 6.07) is -1.92. The summed E-state index contributed by atoms with van der Waals surface area (Å²) in [6.45, 7) is 7.92. The van der Waals surface area contributed by atoms with Gasteiger partial charge in [-0.15, -0.1) is 0 Å². The Kier molecular flexibility index (Phi) is 10.2. The number of carbonyl (C=O) groups excluding carboxylic acids is 5. The Labute approximate surface area is 231 Å². The van der Waals surface area contributed by atoms with Gasteiger partial charge in [0.15, 0.2) is 0 Å². The lowest BCUT2D eigenvalue weighted by atomic mass is 9.82. The van der Waals surface area contributed by atoms with E-state index in [1.165, 1.54) is 14.0 Å². The summed E-state index contributed by atoms with van der Waals surface area (Å²) in [5.41, 5.74) is -1.14. The van der Waals surface area contributed by atoms with E-state index in [9.17, 15) is 24.0 Å². The lowest BCUT2D eigenvalue weighted by Crippen LogP contribution is -2.53. The number of methoxy groups -OCH3 is 1. The number of hydrogen-bond acceptors (Lipinski definition) is 7. The van der Waals surface area contributed by atoms with Gasteiger partial charge in [0.2, 0.25) is 17.7 Å². The average Bonchev–Trinajstić information content (AvgIpc) is 3.16. The number of ether oxygens (including phenoxy) is 2. The minimum absolute atomic E-state index is 0.0157. The van der Waals surface area contributed by atoms with Crippen molar-refractivity contribution in [3.8, 4) is 0 Å². The summed E-state index contributed by atoms with van der Waals surface area (Å²) in [7, 11) is 1.24. The van der Waals surface area contributed by atoms with Gasteiger partial charge in [0, 0.05) is 31.5 Å². The molecule has 2 saturated heterocycles. The highest BCUT2D eigenvalue weighted by Crippen LogP contribution is 2.36. The summed E-state index contributed by atoms with van der Waals surface area (Å²) in [5, 5.41) is 8.58. The summed E-state index contributed by atoms with van der Waals surface area (Å²) in [5.74, 6) is -1.50. The van der Waals surface area contributed by atoms with Crippen LogP contribution in [0.2, 0.25) is 0 Å². The van der Waals surface area contributed by atoms with Crippen molar-refractivity contribution in [2.24, 2.45) is 11.8 Å². The molecule has 0 radical (unpaired) electrons. The van der Waals surface area contributed by atoms with Gasteiger partial charge < -0.3 is 30.3 Å². The normalized spacial score (nSPS) is 22.9. The van der Waals surface area contributed by atoms with E-state index in [0.29, 0.717) is 38.8 Å². The smallest absolute Gasteiger partial charge is 0.408 e. The molecule has 0 bridgehead atoms. The third-order valence-corrected chi connectivity index (χ3v) is 8.19. The second-order valence-corrected chi connectivity index (χ2v) is 12.4. The van der Waals surface area contributed by atoms with E-state index in [2.05, 4.69) is 16.0 Å². The molecular weight excluding hydrogens is 504 g/mol. The molecule has 3 rings (SSSR count). The number of amides is 4. The van der Waals surface area contributed by atoms with Crippen LogP contribution in [0, 0.1) is 11.8 Å². The highest BCUT2D eigenvalue weighted by Gasteiger charge is 2.47. The van der Waals surface area contributed by atoms with Crippen LogP contribution < -0.4 is 16.0 Å². The molecule has 1 spiro atoms. The molecule has 0 aromatic carbocycles. The topological polar surface area (TPSA) is 143 Å². The van der Waals surface area contributed by atoms with Gasteiger partial charge in [0.05, 0.1) is 7.11 Å². The standard InChI is InChI=1S/C28H46N4O7/c1-18(33)32-13-11-28(12-14-32)17-20(23(34)31-28)16-22(25(36)38-5)29-24(35)21(15-19-9-7-6-8-10-19)30-26(37)39-27(2,3)4/h19-22H,6-17H2,1-5H3,(H,29,35)(H,30,37)(H,31,34)/t20?,21-,22-/m0/s1. The number of hydrogen-bond donors (Lipinski definition) is 3. The van der Waals surface area contributed by atoms with E-state index in [-0.39, 0.29) is 24.2 Å². The van der Waals surface area contributed by atoms with Gasteiger partial charge in [0.1, 0.15) is 17.7 Å². The first-order valence-corrected chi connectivity index (χ1v) is 14.3. The van der Waals surface area contributed by atoms with Crippen molar-refractivity contribution in [1.82, 2.24) is 20.9 Å². The Balaban J connectivity index is 1.68. The number of rotatable bonds is 8. The highest BCUT2D eigenvalue weighted by molar-refractivity contribution is 5.90. The number of nitrogens with zero attached hydrogens (tertiary/aromatic N) is 1. The van der Waals surface area contributed by atoms with E-state index in [4.69, 9.17) is 9.47 Å². The number of nitrogens with one attached hydrogen (secondary N) is 3. The first-order chi connectivity index (χ1) is 18.3. The van der Waals surface area contributed by atoms with Crippen molar-refractivity contribution in [2.45, 2.75) is 115 Å². The second-order valence-electron chi connectivity index (χ2n) is 12.4. The monoisotopic (exact) mass is 550 g/mol. The molecule has 11 heteroatoms. The molecule has 11 nitrogen and oxygen atoms in total. The van der Waals surface area contributed by atoms with Gasteiger partial charge in [-0.1, -0.05) is 32.1 Å². The van der Waals surface area contributed by atoms with Crippen LogP contribution in [0.15, 0.2) is 0 Å². The minimum Gasteiger partial charge on any atom is -0.467 e. The number of esters is 1. The fourth-order valence-corrected chi connectivity index (χ4v) is 6.10. The third-order valence-electron chi connectivity index (χ3n) is 8.19. The molecule has 0 aromatic rings. The fraction of sp³-hybridized carbons (Fsp3) is 0.821. The summed E-state index contributed by atoms with van der Waals surface area (Å²) in [4.78, 5) is 65.2. The van der Waals surface area contributed by atoms with Crippen molar-refractivity contribution in [1.29, 1.82) is 0 Å². The predicted molar refractivity (Wildman–Crippen MR) is 143 cm³/mol. The molecule has 1 saturated carbocycles. The van der Waals surface area contributed by atoms with Crippen LogP contribution in [0.1, 0.15) is 91.9 Å². The summed E-state index contributed by atoms with van der Waals surface area (Å²) >= 11 is 0. The zero-order valence-corrected chi connectivity index (χ0v) is 24.1. The second kappa shape index (κ2) is 13.0. The third kappa shape index (κ3) is 8.83. The number of carbonyl (C=O) groups is 5. The van der Waals surface area contributed by atoms with E-state index in [0.717, 1.165) is 32.1 Å². The molecule has 220 valence electrons. The van der Waals surface area contributed by atoms with Crippen molar-refractivity contribution >= 4 is 29.8 Å². The van der Waals surface area contributed by atoms with Gasteiger partial charge in [-0.2, -0.15) is 0 Å². The maximum atomic E-state index is 13.5. The molecule has 1 aliphatic carbocycles. The van der Waals surface area contributed by atoms with Crippen molar-refractivity contribution in [2.75, 3.05) is 20.2 Å². The lowest BCUT2D eigenvalue weighted by molar-refractivity contribution is -0.146. The van der Waals surface area contributed by atoms with Crippen LogP contribution in [0.3, 0.4) is 0 Å². The van der Waals surface area contributed by atoms with Gasteiger partial charge in [-0.25, -0.2) is 9.59 Å². The number of piperidine rings is 1. The van der Waals surface area contributed by atoms with E-state index < -0.39 is 47.1 Å².